The molecule has 0 aliphatic heterocycles. The summed E-state index contributed by atoms with van der Waals surface area (Å²) in [4.78, 5) is 3.03. The summed E-state index contributed by atoms with van der Waals surface area (Å²) in [7, 11) is 0. The van der Waals surface area contributed by atoms with Crippen molar-refractivity contribution in [1.82, 2.24) is 5.32 Å². The fraction of sp³-hybridized carbons (Fsp3) is 0.733. The molecular weight excluding hydrogens is 226 g/mol. The Morgan fingerprint density at radius 2 is 1.82 bits per heavy atom. The molecule has 1 aromatic heterocycles. The van der Waals surface area contributed by atoms with Gasteiger partial charge in [0.1, 0.15) is 0 Å². The summed E-state index contributed by atoms with van der Waals surface area (Å²) in [6, 6.07) is 5.17. The zero-order valence-electron chi connectivity index (χ0n) is 11.8. The average molecular weight is 253 g/mol. The molecule has 1 rings (SSSR count). The van der Waals surface area contributed by atoms with E-state index < -0.39 is 0 Å². The monoisotopic (exact) mass is 253 g/mol. The quantitative estimate of drug-likeness (QED) is 0.702. The Bertz CT molecular complexity index is 302. The van der Waals surface area contributed by atoms with Gasteiger partial charge in [-0.2, -0.15) is 0 Å². The Hall–Kier alpha value is -0.340. The van der Waals surface area contributed by atoms with Crippen molar-refractivity contribution < 1.29 is 0 Å². The van der Waals surface area contributed by atoms with Crippen LogP contribution in [0.1, 0.15) is 62.8 Å². The molecule has 0 amide bonds. The molecule has 0 bridgehead atoms. The van der Waals surface area contributed by atoms with Gasteiger partial charge in [-0.3, -0.25) is 0 Å². The van der Waals surface area contributed by atoms with Crippen LogP contribution in [0.5, 0.6) is 0 Å². The van der Waals surface area contributed by atoms with Crippen LogP contribution in [-0.2, 0) is 6.42 Å². The standard InChI is InChI=1S/C15H27NS/c1-5-12(6-2)11-14(16-8-4)15-10-9-13(7-3)17-15/h9-10,12,14,16H,5-8,11H2,1-4H3. The average Bonchev–Trinajstić information content (AvgIpc) is 2.83. The van der Waals surface area contributed by atoms with Gasteiger partial charge in [0.2, 0.25) is 0 Å². The normalized spacial score (nSPS) is 13.2. The lowest BCUT2D eigenvalue weighted by Gasteiger charge is -2.21. The van der Waals surface area contributed by atoms with Crippen LogP contribution < -0.4 is 5.32 Å². The van der Waals surface area contributed by atoms with E-state index >= 15 is 0 Å². The molecule has 1 aromatic rings. The lowest BCUT2D eigenvalue weighted by molar-refractivity contribution is 0.379. The van der Waals surface area contributed by atoms with Crippen LogP contribution in [0.4, 0.5) is 0 Å². The van der Waals surface area contributed by atoms with E-state index in [1.807, 2.05) is 11.3 Å². The van der Waals surface area contributed by atoms with E-state index in [1.165, 1.54) is 29.0 Å². The lowest BCUT2D eigenvalue weighted by Crippen LogP contribution is -2.22. The van der Waals surface area contributed by atoms with Gasteiger partial charge >= 0.3 is 0 Å². The van der Waals surface area contributed by atoms with E-state index in [2.05, 4.69) is 45.1 Å². The smallest absolute Gasteiger partial charge is 0.0417 e. The molecule has 0 saturated heterocycles. The van der Waals surface area contributed by atoms with Crippen LogP contribution in [0.15, 0.2) is 12.1 Å². The molecule has 0 aromatic carbocycles. The van der Waals surface area contributed by atoms with Crippen molar-refractivity contribution in [2.45, 2.75) is 59.4 Å². The third kappa shape index (κ3) is 4.44. The highest BCUT2D eigenvalue weighted by molar-refractivity contribution is 7.12. The highest BCUT2D eigenvalue weighted by Gasteiger charge is 2.16. The molecule has 0 spiro atoms. The molecule has 1 unspecified atom stereocenters. The third-order valence-corrected chi connectivity index (χ3v) is 4.89. The van der Waals surface area contributed by atoms with Crippen LogP contribution in [-0.4, -0.2) is 6.54 Å². The highest BCUT2D eigenvalue weighted by Crippen LogP contribution is 2.30. The SMILES string of the molecule is CCNC(CC(CC)CC)c1ccc(CC)s1. The minimum Gasteiger partial charge on any atom is -0.310 e. The first-order valence-corrected chi connectivity index (χ1v) is 7.88. The molecule has 0 aliphatic carbocycles. The fourth-order valence-electron chi connectivity index (χ4n) is 2.27. The van der Waals surface area contributed by atoms with Crippen LogP contribution in [0.25, 0.3) is 0 Å². The fourth-order valence-corrected chi connectivity index (χ4v) is 3.31. The van der Waals surface area contributed by atoms with Crippen LogP contribution in [0.2, 0.25) is 0 Å². The first-order valence-electron chi connectivity index (χ1n) is 7.06. The first-order chi connectivity index (χ1) is 8.24. The number of nitrogens with one attached hydrogen (secondary N) is 1. The Morgan fingerprint density at radius 3 is 2.29 bits per heavy atom. The maximum atomic E-state index is 3.65. The summed E-state index contributed by atoms with van der Waals surface area (Å²) < 4.78 is 0. The van der Waals surface area contributed by atoms with Gasteiger partial charge < -0.3 is 5.32 Å². The number of aryl methyl sites for hydroxylation is 1. The van der Waals surface area contributed by atoms with E-state index in [0.717, 1.165) is 18.9 Å². The number of hydrogen-bond donors (Lipinski definition) is 1. The van der Waals surface area contributed by atoms with Gasteiger partial charge in [-0.25, -0.2) is 0 Å². The molecule has 1 nitrogen and oxygen atoms in total. The Balaban J connectivity index is 2.70. The first kappa shape index (κ1) is 14.7. The van der Waals surface area contributed by atoms with Gasteiger partial charge in [0.05, 0.1) is 0 Å². The zero-order chi connectivity index (χ0) is 12.7. The van der Waals surface area contributed by atoms with Crippen molar-refractivity contribution in [3.63, 3.8) is 0 Å². The molecule has 0 saturated carbocycles. The predicted octanol–water partition coefficient (Wildman–Crippen LogP) is 4.79. The second-order valence-electron chi connectivity index (χ2n) is 4.69. The van der Waals surface area contributed by atoms with Crippen molar-refractivity contribution in [2.24, 2.45) is 5.92 Å². The van der Waals surface area contributed by atoms with Crippen LogP contribution in [0, 0.1) is 5.92 Å². The van der Waals surface area contributed by atoms with E-state index in [1.54, 1.807) is 0 Å². The second-order valence-corrected chi connectivity index (χ2v) is 5.89. The van der Waals surface area contributed by atoms with Gasteiger partial charge in [0, 0.05) is 15.8 Å². The van der Waals surface area contributed by atoms with Crippen molar-refractivity contribution in [3.05, 3.63) is 21.9 Å². The molecular formula is C15H27NS. The van der Waals surface area contributed by atoms with Gasteiger partial charge in [-0.05, 0) is 37.4 Å². The Morgan fingerprint density at radius 1 is 1.12 bits per heavy atom. The van der Waals surface area contributed by atoms with Crippen LogP contribution in [0.3, 0.4) is 0 Å². The molecule has 0 radical (unpaired) electrons. The summed E-state index contributed by atoms with van der Waals surface area (Å²) in [6.07, 6.45) is 5.04. The summed E-state index contributed by atoms with van der Waals surface area (Å²) in [5, 5.41) is 3.65. The number of rotatable bonds is 8. The summed E-state index contributed by atoms with van der Waals surface area (Å²) in [5.41, 5.74) is 0. The second kappa shape index (κ2) is 7.88. The number of thiophene rings is 1. The summed E-state index contributed by atoms with van der Waals surface area (Å²) in [5.74, 6) is 0.853. The summed E-state index contributed by atoms with van der Waals surface area (Å²) in [6.45, 7) is 10.1. The lowest BCUT2D eigenvalue weighted by atomic mass is 9.94. The van der Waals surface area contributed by atoms with Crippen molar-refractivity contribution >= 4 is 11.3 Å². The molecule has 0 aliphatic rings. The third-order valence-electron chi connectivity index (χ3n) is 3.55. The van der Waals surface area contributed by atoms with E-state index in [-0.39, 0.29) is 0 Å². The van der Waals surface area contributed by atoms with Gasteiger partial charge in [-0.15, -0.1) is 11.3 Å². The Labute approximate surface area is 111 Å². The van der Waals surface area contributed by atoms with E-state index in [0.29, 0.717) is 6.04 Å². The molecule has 1 atom stereocenters. The topological polar surface area (TPSA) is 12.0 Å². The minimum atomic E-state index is 0.565. The Kier molecular flexibility index (Phi) is 6.83. The zero-order valence-corrected chi connectivity index (χ0v) is 12.6. The van der Waals surface area contributed by atoms with Crippen molar-refractivity contribution in [1.29, 1.82) is 0 Å². The highest BCUT2D eigenvalue weighted by atomic mass is 32.1. The van der Waals surface area contributed by atoms with Gasteiger partial charge in [-0.1, -0.05) is 40.5 Å². The molecule has 1 N–H and O–H groups in total. The molecule has 17 heavy (non-hydrogen) atoms. The van der Waals surface area contributed by atoms with Gasteiger partial charge in [0.15, 0.2) is 0 Å². The van der Waals surface area contributed by atoms with Crippen molar-refractivity contribution in [3.8, 4) is 0 Å². The molecule has 0 fully saturated rings. The van der Waals surface area contributed by atoms with Crippen molar-refractivity contribution in [2.75, 3.05) is 6.54 Å². The molecule has 2 heteroatoms. The van der Waals surface area contributed by atoms with Gasteiger partial charge in [0.25, 0.3) is 0 Å². The van der Waals surface area contributed by atoms with E-state index in [9.17, 15) is 0 Å². The van der Waals surface area contributed by atoms with E-state index in [4.69, 9.17) is 0 Å². The summed E-state index contributed by atoms with van der Waals surface area (Å²) >= 11 is 1.98. The predicted molar refractivity (Wildman–Crippen MR) is 78.8 cm³/mol. The number of hydrogen-bond acceptors (Lipinski definition) is 2. The maximum absolute atomic E-state index is 3.65. The maximum Gasteiger partial charge on any atom is 0.0417 e. The minimum absolute atomic E-state index is 0.565. The molecule has 98 valence electrons. The largest absolute Gasteiger partial charge is 0.310 e. The molecule has 1 heterocycles. The van der Waals surface area contributed by atoms with Crippen LogP contribution >= 0.6 is 11.3 Å².